The molecule has 0 amide bonds. The predicted molar refractivity (Wildman–Crippen MR) is 117 cm³/mol. The van der Waals surface area contributed by atoms with E-state index in [4.69, 9.17) is 9.73 Å². The van der Waals surface area contributed by atoms with Crippen molar-refractivity contribution in [1.29, 1.82) is 0 Å². The van der Waals surface area contributed by atoms with Gasteiger partial charge in [-0.25, -0.2) is 0 Å². The van der Waals surface area contributed by atoms with E-state index in [2.05, 4.69) is 59.5 Å². The fourth-order valence-electron chi connectivity index (χ4n) is 3.82. The van der Waals surface area contributed by atoms with Crippen LogP contribution in [0.3, 0.4) is 0 Å². The number of guanidine groups is 1. The molecule has 2 heterocycles. The van der Waals surface area contributed by atoms with Gasteiger partial charge < -0.3 is 19.9 Å². The summed E-state index contributed by atoms with van der Waals surface area (Å²) >= 11 is 1.96. The Bertz CT molecular complexity index is 622. The number of hydrogen-bond acceptors (Lipinski definition) is 4. The lowest BCUT2D eigenvalue weighted by molar-refractivity contribution is 0.0793. The third kappa shape index (κ3) is 5.32. The van der Waals surface area contributed by atoms with Gasteiger partial charge in [-0.15, -0.1) is 0 Å². The molecule has 5 nitrogen and oxygen atoms in total. The first-order chi connectivity index (χ1) is 13.2. The van der Waals surface area contributed by atoms with Gasteiger partial charge in [-0.05, 0) is 50.6 Å². The summed E-state index contributed by atoms with van der Waals surface area (Å²) in [5, 5.41) is 3.51. The Morgan fingerprint density at radius 2 is 1.96 bits per heavy atom. The summed E-state index contributed by atoms with van der Waals surface area (Å²) in [4.78, 5) is 9.95. The maximum absolute atomic E-state index is 5.57. The van der Waals surface area contributed by atoms with Gasteiger partial charge in [-0.1, -0.05) is 12.1 Å². The molecule has 0 aliphatic carbocycles. The van der Waals surface area contributed by atoms with Crippen molar-refractivity contribution >= 4 is 23.4 Å². The van der Waals surface area contributed by atoms with Gasteiger partial charge >= 0.3 is 0 Å². The Morgan fingerprint density at radius 3 is 2.59 bits per heavy atom. The smallest absolute Gasteiger partial charge is 0.194 e. The number of hydrogen-bond donors (Lipinski definition) is 1. The van der Waals surface area contributed by atoms with E-state index in [1.54, 1.807) is 0 Å². The first kappa shape index (κ1) is 20.3. The van der Waals surface area contributed by atoms with Gasteiger partial charge in [-0.2, -0.15) is 11.8 Å². The lowest BCUT2D eigenvalue weighted by Gasteiger charge is -2.39. The third-order valence-corrected chi connectivity index (χ3v) is 7.04. The second-order valence-electron chi connectivity index (χ2n) is 7.48. The van der Waals surface area contributed by atoms with Crippen LogP contribution in [0.25, 0.3) is 0 Å². The van der Waals surface area contributed by atoms with Gasteiger partial charge in [0.15, 0.2) is 5.96 Å². The molecule has 2 aliphatic rings. The van der Waals surface area contributed by atoms with Gasteiger partial charge in [0.1, 0.15) is 0 Å². The molecule has 2 aliphatic heterocycles. The Labute approximate surface area is 168 Å². The molecule has 0 radical (unpaired) electrons. The minimum atomic E-state index is 0.238. The minimum Gasteiger partial charge on any atom is -0.381 e. The van der Waals surface area contributed by atoms with Crippen LogP contribution in [-0.4, -0.2) is 74.3 Å². The average Bonchev–Trinajstić information content (AvgIpc) is 2.72. The molecule has 1 N–H and O–H groups in total. The molecule has 0 spiro atoms. The van der Waals surface area contributed by atoms with E-state index in [-0.39, 0.29) is 4.75 Å². The summed E-state index contributed by atoms with van der Waals surface area (Å²) in [6.45, 7) is 11.9. The van der Waals surface area contributed by atoms with Crippen LogP contribution < -0.4 is 10.2 Å². The molecule has 2 saturated heterocycles. The number of nitrogens with zero attached hydrogens (tertiary/aromatic N) is 3. The van der Waals surface area contributed by atoms with Crippen LogP contribution in [0, 0.1) is 6.92 Å². The minimum absolute atomic E-state index is 0.238. The van der Waals surface area contributed by atoms with Crippen molar-refractivity contribution in [3.8, 4) is 0 Å². The third-order valence-electron chi connectivity index (χ3n) is 5.63. The molecular formula is C21H34N4OS. The summed E-state index contributed by atoms with van der Waals surface area (Å²) in [6, 6.07) is 8.81. The molecule has 0 atom stereocenters. The molecule has 1 aromatic carbocycles. The second kappa shape index (κ2) is 9.69. The number of ether oxygens (including phenoxy) is 1. The number of benzene rings is 1. The van der Waals surface area contributed by atoms with Crippen LogP contribution in [0.5, 0.6) is 0 Å². The van der Waals surface area contributed by atoms with Crippen molar-refractivity contribution in [2.45, 2.75) is 31.4 Å². The Kier molecular flexibility index (Phi) is 7.30. The highest BCUT2D eigenvalue weighted by atomic mass is 32.2. The second-order valence-corrected chi connectivity index (χ2v) is 8.76. The molecule has 150 valence electrons. The van der Waals surface area contributed by atoms with Gasteiger partial charge in [-0.3, -0.25) is 4.99 Å². The Balaban J connectivity index is 1.62. The van der Waals surface area contributed by atoms with E-state index < -0.39 is 0 Å². The van der Waals surface area contributed by atoms with Crippen molar-refractivity contribution in [1.82, 2.24) is 10.2 Å². The van der Waals surface area contributed by atoms with Crippen molar-refractivity contribution in [3.05, 3.63) is 29.8 Å². The monoisotopic (exact) mass is 390 g/mol. The molecule has 1 aromatic rings. The van der Waals surface area contributed by atoms with Gasteiger partial charge in [0.25, 0.3) is 0 Å². The zero-order valence-electron chi connectivity index (χ0n) is 17.0. The van der Waals surface area contributed by atoms with Crippen LogP contribution in [0.2, 0.25) is 0 Å². The molecule has 6 heteroatoms. The first-order valence-corrected chi connectivity index (χ1v) is 11.4. The number of anilines is 1. The molecule has 3 rings (SSSR count). The zero-order chi connectivity index (χ0) is 19.1. The fourth-order valence-corrected chi connectivity index (χ4v) is 4.58. The molecule has 27 heavy (non-hydrogen) atoms. The summed E-state index contributed by atoms with van der Waals surface area (Å²) in [5.41, 5.74) is 2.66. The van der Waals surface area contributed by atoms with Gasteiger partial charge in [0.2, 0.25) is 0 Å². The number of rotatable bonds is 5. The van der Waals surface area contributed by atoms with Crippen LogP contribution in [0.15, 0.2) is 29.3 Å². The molecule has 0 aromatic heterocycles. The lowest BCUT2D eigenvalue weighted by Crippen LogP contribution is -2.53. The zero-order valence-corrected chi connectivity index (χ0v) is 17.9. The lowest BCUT2D eigenvalue weighted by atomic mass is 9.99. The van der Waals surface area contributed by atoms with Crippen LogP contribution in [0.4, 0.5) is 5.69 Å². The number of nitrogens with one attached hydrogen (secondary N) is 1. The first-order valence-electron chi connectivity index (χ1n) is 10.1. The molecule has 2 fully saturated rings. The van der Waals surface area contributed by atoms with Crippen molar-refractivity contribution in [2.24, 2.45) is 4.99 Å². The normalized spacial score (nSPS) is 20.6. The van der Waals surface area contributed by atoms with E-state index in [0.29, 0.717) is 0 Å². The quantitative estimate of drug-likeness (QED) is 0.618. The highest BCUT2D eigenvalue weighted by Gasteiger charge is 2.32. The van der Waals surface area contributed by atoms with E-state index >= 15 is 0 Å². The molecule has 0 unspecified atom stereocenters. The summed E-state index contributed by atoms with van der Waals surface area (Å²) < 4.78 is 5.80. The molecule has 0 saturated carbocycles. The summed E-state index contributed by atoms with van der Waals surface area (Å²) in [5.74, 6) is 1.07. The highest BCUT2D eigenvalue weighted by molar-refractivity contribution is 8.00. The number of aliphatic imine (C=N–C) groups is 1. The standard InChI is InChI=1S/C21H34N4OS/c1-4-22-20(23-17-21(27-3)8-14-26-15-9-21)25-12-10-24(11-13-25)19-7-5-6-18(2)16-19/h5-7,16H,4,8-15,17H2,1-3H3,(H,22,23). The van der Waals surface area contributed by atoms with Crippen molar-refractivity contribution < 1.29 is 4.74 Å². The SMILES string of the molecule is CCNC(=NCC1(SC)CCOCC1)N1CCN(c2cccc(C)c2)CC1. The number of thioether (sulfide) groups is 1. The fraction of sp³-hybridized carbons (Fsp3) is 0.667. The van der Waals surface area contributed by atoms with E-state index in [1.807, 2.05) is 11.8 Å². The van der Waals surface area contributed by atoms with Crippen molar-refractivity contribution in [3.63, 3.8) is 0 Å². The van der Waals surface area contributed by atoms with E-state index in [0.717, 1.165) is 71.3 Å². The van der Waals surface area contributed by atoms with Crippen LogP contribution in [-0.2, 0) is 4.74 Å². The van der Waals surface area contributed by atoms with Gasteiger partial charge in [0.05, 0.1) is 6.54 Å². The summed E-state index contributed by atoms with van der Waals surface area (Å²) in [6.07, 6.45) is 4.41. The number of piperazine rings is 1. The Hall–Kier alpha value is -1.40. The van der Waals surface area contributed by atoms with Crippen LogP contribution in [0.1, 0.15) is 25.3 Å². The Morgan fingerprint density at radius 1 is 1.22 bits per heavy atom. The maximum atomic E-state index is 5.57. The predicted octanol–water partition coefficient (Wildman–Crippen LogP) is 2.99. The van der Waals surface area contributed by atoms with E-state index in [1.165, 1.54) is 11.3 Å². The van der Waals surface area contributed by atoms with Gasteiger partial charge in [0, 0.05) is 56.4 Å². The number of aryl methyl sites for hydroxylation is 1. The topological polar surface area (TPSA) is 40.1 Å². The van der Waals surface area contributed by atoms with Crippen LogP contribution >= 0.6 is 11.8 Å². The summed E-state index contributed by atoms with van der Waals surface area (Å²) in [7, 11) is 0. The average molecular weight is 391 g/mol. The maximum Gasteiger partial charge on any atom is 0.194 e. The largest absolute Gasteiger partial charge is 0.381 e. The highest BCUT2D eigenvalue weighted by Crippen LogP contribution is 2.34. The van der Waals surface area contributed by atoms with E-state index in [9.17, 15) is 0 Å². The molecule has 0 bridgehead atoms. The molecular weight excluding hydrogens is 356 g/mol. The van der Waals surface area contributed by atoms with Crippen molar-refractivity contribution in [2.75, 3.05) is 63.6 Å².